The lowest BCUT2D eigenvalue weighted by Crippen LogP contribution is -2.51. The van der Waals surface area contributed by atoms with Crippen LogP contribution in [0, 0.1) is 0 Å². The molecule has 0 radical (unpaired) electrons. The van der Waals surface area contributed by atoms with Crippen LogP contribution in [-0.2, 0) is 20.2 Å². The fourth-order valence-electron chi connectivity index (χ4n) is 3.30. The third-order valence-electron chi connectivity index (χ3n) is 5.32. The van der Waals surface area contributed by atoms with Gasteiger partial charge in [-0.1, -0.05) is 0 Å². The van der Waals surface area contributed by atoms with E-state index in [4.69, 9.17) is 19.3 Å². The van der Waals surface area contributed by atoms with Crippen LogP contribution < -0.4 is 0 Å². The number of piperazine rings is 2. The molecule has 2 heterocycles. The van der Waals surface area contributed by atoms with Gasteiger partial charge in [0.1, 0.15) is 5.37 Å². The van der Waals surface area contributed by atoms with E-state index in [1.54, 1.807) is 4.90 Å². The molecule has 0 amide bonds. The third kappa shape index (κ3) is 14.4. The Bertz CT molecular complexity index is 686. The van der Waals surface area contributed by atoms with Crippen LogP contribution in [0.5, 0.6) is 0 Å². The Morgan fingerprint density at radius 2 is 1.03 bits per heavy atom. The molecule has 196 valence electrons. The number of aliphatic hydroxyl groups excluding tert-OH is 2. The van der Waals surface area contributed by atoms with E-state index in [1.807, 2.05) is 4.90 Å². The van der Waals surface area contributed by atoms with Crippen molar-refractivity contribution in [2.45, 2.75) is 12.3 Å². The van der Waals surface area contributed by atoms with Crippen LogP contribution in [0.2, 0.25) is 0 Å². The van der Waals surface area contributed by atoms with Gasteiger partial charge in [0.15, 0.2) is 0 Å². The predicted octanol–water partition coefficient (Wildman–Crippen LogP) is -1.84. The zero-order valence-corrected chi connectivity index (χ0v) is 21.6. The van der Waals surface area contributed by atoms with E-state index in [2.05, 4.69) is 9.80 Å². The molecular formula is C16H38Cl2N4O8S2. The zero-order chi connectivity index (χ0) is 22.8. The first kappa shape index (κ1) is 34.3. The number of hydrogen-bond donors (Lipinski definition) is 4. The first-order valence-electron chi connectivity index (χ1n) is 10.0. The largest absolute Gasteiger partial charge is 0.395 e. The van der Waals surface area contributed by atoms with Gasteiger partial charge < -0.3 is 10.2 Å². The van der Waals surface area contributed by atoms with Crippen molar-refractivity contribution in [2.24, 2.45) is 0 Å². The SMILES string of the molecule is CC(N1CCN(CCO)CC1)S(=O)(=O)O.Cl.Cl.O=S(=O)(O)CCN1CCN(CCO)CC1. The first-order chi connectivity index (χ1) is 14.0. The molecule has 0 spiro atoms. The molecule has 2 fully saturated rings. The second kappa shape index (κ2) is 16.7. The molecule has 0 aromatic rings. The maximum absolute atomic E-state index is 10.9. The summed E-state index contributed by atoms with van der Waals surface area (Å²) in [5.74, 6) is -0.201. The normalized spacial score (nSPS) is 20.4. The first-order valence-corrected chi connectivity index (χ1v) is 13.1. The Morgan fingerprint density at radius 3 is 1.34 bits per heavy atom. The van der Waals surface area contributed by atoms with Gasteiger partial charge in [-0.05, 0) is 6.92 Å². The molecule has 0 aliphatic carbocycles. The van der Waals surface area contributed by atoms with Gasteiger partial charge in [-0.15, -0.1) is 24.8 Å². The van der Waals surface area contributed by atoms with E-state index >= 15 is 0 Å². The Labute approximate surface area is 203 Å². The predicted molar refractivity (Wildman–Crippen MR) is 127 cm³/mol. The highest BCUT2D eigenvalue weighted by Crippen LogP contribution is 2.09. The smallest absolute Gasteiger partial charge is 0.280 e. The summed E-state index contributed by atoms with van der Waals surface area (Å²) in [6, 6.07) is 0. The number of aliphatic hydroxyl groups is 2. The standard InChI is InChI=1S/2C8H18N2O4S.2ClH/c1-8(15(12,13)14)10-4-2-9(3-5-10)6-7-11;11-7-5-9-1-3-10(4-2-9)6-8-15(12,13)14;;/h8,11H,2-7H2,1H3,(H,12,13,14);11H,1-8H2,(H,12,13,14);2*1H. The molecule has 2 saturated heterocycles. The summed E-state index contributed by atoms with van der Waals surface area (Å²) in [5, 5.41) is 16.6. The topological polar surface area (TPSA) is 162 Å². The van der Waals surface area contributed by atoms with Gasteiger partial charge in [0, 0.05) is 72.0 Å². The van der Waals surface area contributed by atoms with Crippen molar-refractivity contribution in [3.63, 3.8) is 0 Å². The van der Waals surface area contributed by atoms with Crippen LogP contribution in [0.25, 0.3) is 0 Å². The fourth-order valence-corrected chi connectivity index (χ4v) is 4.38. The molecule has 1 atom stereocenters. The minimum absolute atomic E-state index is 0. The summed E-state index contributed by atoms with van der Waals surface area (Å²) in [5.41, 5.74) is 0. The third-order valence-corrected chi connectivity index (χ3v) is 7.17. The molecule has 0 bridgehead atoms. The van der Waals surface area contributed by atoms with E-state index in [0.717, 1.165) is 39.3 Å². The van der Waals surface area contributed by atoms with Crippen molar-refractivity contribution in [1.29, 1.82) is 0 Å². The molecule has 0 saturated carbocycles. The van der Waals surface area contributed by atoms with Crippen molar-refractivity contribution >= 4 is 45.1 Å². The molecular weight excluding hydrogens is 511 g/mol. The van der Waals surface area contributed by atoms with Gasteiger partial charge in [0.25, 0.3) is 20.2 Å². The van der Waals surface area contributed by atoms with Crippen LogP contribution in [-0.4, -0.2) is 152 Å². The Kier molecular flexibility index (Phi) is 17.9. The molecule has 4 N–H and O–H groups in total. The molecule has 0 aromatic carbocycles. The van der Waals surface area contributed by atoms with Crippen LogP contribution in [0.1, 0.15) is 6.92 Å². The van der Waals surface area contributed by atoms with Crippen molar-refractivity contribution in [3.05, 3.63) is 0 Å². The quantitative estimate of drug-likeness (QED) is 0.238. The van der Waals surface area contributed by atoms with Crippen LogP contribution in [0.15, 0.2) is 0 Å². The van der Waals surface area contributed by atoms with Gasteiger partial charge in [0.2, 0.25) is 0 Å². The van der Waals surface area contributed by atoms with Crippen LogP contribution in [0.4, 0.5) is 0 Å². The second-order valence-electron chi connectivity index (χ2n) is 7.41. The van der Waals surface area contributed by atoms with Crippen molar-refractivity contribution in [1.82, 2.24) is 19.6 Å². The average Bonchev–Trinajstić information content (AvgIpc) is 2.67. The Balaban J connectivity index is 0. The summed E-state index contributed by atoms with van der Waals surface area (Å²) in [4.78, 5) is 7.92. The van der Waals surface area contributed by atoms with Crippen molar-refractivity contribution in [2.75, 3.05) is 91.0 Å². The molecule has 0 aromatic heterocycles. The Morgan fingerprint density at radius 1 is 0.688 bits per heavy atom. The molecule has 2 rings (SSSR count). The number of halogens is 2. The maximum atomic E-state index is 10.9. The van der Waals surface area contributed by atoms with Gasteiger partial charge in [0.05, 0.1) is 19.0 Å². The summed E-state index contributed by atoms with van der Waals surface area (Å²) >= 11 is 0. The van der Waals surface area contributed by atoms with Gasteiger partial charge in [-0.2, -0.15) is 16.8 Å². The van der Waals surface area contributed by atoms with E-state index in [1.165, 1.54) is 6.92 Å². The minimum Gasteiger partial charge on any atom is -0.395 e. The maximum Gasteiger partial charge on any atom is 0.280 e. The molecule has 2 aliphatic rings. The number of β-amino-alcohol motifs (C(OH)–C–C–N with tert-alkyl or cyclic N) is 2. The van der Waals surface area contributed by atoms with E-state index < -0.39 is 25.6 Å². The van der Waals surface area contributed by atoms with Crippen molar-refractivity contribution < 1.29 is 36.2 Å². The van der Waals surface area contributed by atoms with E-state index in [-0.39, 0.29) is 43.8 Å². The molecule has 2 aliphatic heterocycles. The number of hydrogen-bond acceptors (Lipinski definition) is 10. The van der Waals surface area contributed by atoms with Gasteiger partial charge in [-0.25, -0.2) is 0 Å². The number of nitrogens with zero attached hydrogens (tertiary/aromatic N) is 4. The highest BCUT2D eigenvalue weighted by atomic mass is 35.5. The molecule has 16 heteroatoms. The molecule has 12 nitrogen and oxygen atoms in total. The lowest BCUT2D eigenvalue weighted by molar-refractivity contribution is 0.105. The fraction of sp³-hybridized carbons (Fsp3) is 1.00. The monoisotopic (exact) mass is 548 g/mol. The molecule has 1 unspecified atom stereocenters. The summed E-state index contributed by atoms with van der Waals surface area (Å²) in [6.07, 6.45) is 0. The lowest BCUT2D eigenvalue weighted by atomic mass is 10.3. The molecule has 32 heavy (non-hydrogen) atoms. The summed E-state index contributed by atoms with van der Waals surface area (Å²) in [6.45, 7) is 9.33. The van der Waals surface area contributed by atoms with Gasteiger partial charge in [-0.3, -0.25) is 28.7 Å². The number of rotatable bonds is 9. The summed E-state index contributed by atoms with van der Waals surface area (Å²) < 4.78 is 60.3. The van der Waals surface area contributed by atoms with E-state index in [9.17, 15) is 16.8 Å². The minimum atomic E-state index is -3.97. The second-order valence-corrected chi connectivity index (χ2v) is 10.7. The zero-order valence-electron chi connectivity index (χ0n) is 18.3. The average molecular weight is 550 g/mol. The van der Waals surface area contributed by atoms with Crippen molar-refractivity contribution in [3.8, 4) is 0 Å². The van der Waals surface area contributed by atoms with Crippen LogP contribution in [0.3, 0.4) is 0 Å². The lowest BCUT2D eigenvalue weighted by Gasteiger charge is -2.36. The highest BCUT2D eigenvalue weighted by Gasteiger charge is 2.28. The van der Waals surface area contributed by atoms with Gasteiger partial charge >= 0.3 is 0 Å². The van der Waals surface area contributed by atoms with Crippen LogP contribution >= 0.6 is 24.8 Å². The highest BCUT2D eigenvalue weighted by molar-refractivity contribution is 7.86. The Hall–Kier alpha value is 0.160. The summed E-state index contributed by atoms with van der Waals surface area (Å²) in [7, 11) is -7.82. The van der Waals surface area contributed by atoms with E-state index in [0.29, 0.717) is 32.7 Å².